The van der Waals surface area contributed by atoms with Crippen LogP contribution >= 0.6 is 0 Å². The van der Waals surface area contributed by atoms with E-state index in [1.807, 2.05) is 5.43 Å². The Kier molecular flexibility index (Phi) is 5.95. The van der Waals surface area contributed by atoms with Gasteiger partial charge in [-0.2, -0.15) is 13.2 Å². The van der Waals surface area contributed by atoms with Crippen LogP contribution in [0.3, 0.4) is 0 Å². The van der Waals surface area contributed by atoms with Crippen molar-refractivity contribution < 1.29 is 31.9 Å². The molecular weight excluding hydrogens is 406 g/mol. The lowest BCUT2D eigenvalue weighted by molar-refractivity contribution is -0.140. The van der Waals surface area contributed by atoms with E-state index in [1.54, 1.807) is 24.5 Å². The summed E-state index contributed by atoms with van der Waals surface area (Å²) in [7, 11) is 0. The SMILES string of the molecule is O=C(NNC(=O)c1ccc(F)c(C(F)(F)F)c1)c1ccc(Oc2ccncc2)cc1. The number of rotatable bonds is 4. The van der Waals surface area contributed by atoms with Crippen molar-refractivity contribution in [2.75, 3.05) is 0 Å². The summed E-state index contributed by atoms with van der Waals surface area (Å²) in [5.74, 6) is -2.25. The van der Waals surface area contributed by atoms with Crippen molar-refractivity contribution in [2.24, 2.45) is 0 Å². The first kappa shape index (κ1) is 20.8. The number of hydrazine groups is 1. The van der Waals surface area contributed by atoms with Crippen LogP contribution in [-0.4, -0.2) is 16.8 Å². The second kappa shape index (κ2) is 8.60. The minimum absolute atomic E-state index is 0.160. The highest BCUT2D eigenvalue weighted by atomic mass is 19.4. The van der Waals surface area contributed by atoms with Gasteiger partial charge in [0.25, 0.3) is 11.8 Å². The van der Waals surface area contributed by atoms with Crippen LogP contribution in [0.15, 0.2) is 67.0 Å². The van der Waals surface area contributed by atoms with Gasteiger partial charge in [-0.25, -0.2) is 4.39 Å². The van der Waals surface area contributed by atoms with Crippen LogP contribution in [0.25, 0.3) is 0 Å². The smallest absolute Gasteiger partial charge is 0.419 e. The Bertz CT molecular complexity index is 1060. The van der Waals surface area contributed by atoms with E-state index in [1.165, 1.54) is 24.3 Å². The minimum atomic E-state index is -4.95. The number of aromatic nitrogens is 1. The molecule has 1 heterocycles. The number of amides is 2. The molecule has 10 heteroatoms. The number of hydrogen-bond acceptors (Lipinski definition) is 4. The maximum atomic E-state index is 13.3. The van der Waals surface area contributed by atoms with Gasteiger partial charge in [-0.05, 0) is 54.6 Å². The van der Waals surface area contributed by atoms with E-state index in [2.05, 4.69) is 10.4 Å². The maximum Gasteiger partial charge on any atom is 0.419 e. The molecular formula is C20H13F4N3O3. The third-order valence-corrected chi connectivity index (χ3v) is 3.83. The molecule has 0 fully saturated rings. The lowest BCUT2D eigenvalue weighted by Crippen LogP contribution is -2.41. The van der Waals surface area contributed by atoms with Crippen LogP contribution in [0.1, 0.15) is 26.3 Å². The van der Waals surface area contributed by atoms with Crippen molar-refractivity contribution >= 4 is 11.8 Å². The molecule has 0 aliphatic carbocycles. The quantitative estimate of drug-likeness (QED) is 0.493. The molecule has 0 aliphatic rings. The molecule has 2 N–H and O–H groups in total. The number of hydrogen-bond donors (Lipinski definition) is 2. The second-order valence-corrected chi connectivity index (χ2v) is 5.91. The Labute approximate surface area is 167 Å². The predicted octanol–water partition coefficient (Wildman–Crippen LogP) is 4.11. The fraction of sp³-hybridized carbons (Fsp3) is 0.0500. The number of pyridine rings is 1. The van der Waals surface area contributed by atoms with E-state index in [0.717, 1.165) is 6.07 Å². The molecule has 154 valence electrons. The summed E-state index contributed by atoms with van der Waals surface area (Å²) in [4.78, 5) is 28.0. The number of benzene rings is 2. The fourth-order valence-electron chi connectivity index (χ4n) is 2.36. The summed E-state index contributed by atoms with van der Waals surface area (Å²) < 4.78 is 57.1. The van der Waals surface area contributed by atoms with Gasteiger partial charge in [-0.1, -0.05) is 0 Å². The molecule has 0 radical (unpaired) electrons. The van der Waals surface area contributed by atoms with Gasteiger partial charge in [0.15, 0.2) is 0 Å². The molecule has 0 saturated heterocycles. The first-order valence-electron chi connectivity index (χ1n) is 8.39. The van der Waals surface area contributed by atoms with Crippen molar-refractivity contribution in [2.45, 2.75) is 6.18 Å². The Balaban J connectivity index is 1.61. The normalized spacial score (nSPS) is 10.9. The summed E-state index contributed by atoms with van der Waals surface area (Å²) in [5, 5.41) is 0. The Hall–Kier alpha value is -3.95. The summed E-state index contributed by atoms with van der Waals surface area (Å²) in [6.45, 7) is 0. The number of halogens is 4. The van der Waals surface area contributed by atoms with Crippen LogP contribution in [0.5, 0.6) is 11.5 Å². The number of nitrogens with one attached hydrogen (secondary N) is 2. The highest BCUT2D eigenvalue weighted by molar-refractivity contribution is 5.99. The van der Waals surface area contributed by atoms with Crippen LogP contribution in [-0.2, 0) is 6.18 Å². The second-order valence-electron chi connectivity index (χ2n) is 5.91. The van der Waals surface area contributed by atoms with Gasteiger partial charge >= 0.3 is 6.18 Å². The van der Waals surface area contributed by atoms with E-state index in [-0.39, 0.29) is 5.56 Å². The average molecular weight is 419 g/mol. The van der Waals surface area contributed by atoms with E-state index in [4.69, 9.17) is 4.74 Å². The van der Waals surface area contributed by atoms with E-state index < -0.39 is 34.9 Å². The molecule has 0 aliphatic heterocycles. The summed E-state index contributed by atoms with van der Waals surface area (Å²) in [5.41, 5.74) is 2.17. The summed E-state index contributed by atoms with van der Waals surface area (Å²) >= 11 is 0. The van der Waals surface area contributed by atoms with Crippen molar-refractivity contribution in [3.05, 3.63) is 89.5 Å². The van der Waals surface area contributed by atoms with E-state index in [9.17, 15) is 27.2 Å². The molecule has 0 atom stereocenters. The highest BCUT2D eigenvalue weighted by Gasteiger charge is 2.34. The van der Waals surface area contributed by atoms with Crippen molar-refractivity contribution in [3.8, 4) is 11.5 Å². The van der Waals surface area contributed by atoms with Gasteiger partial charge < -0.3 is 4.74 Å². The lowest BCUT2D eigenvalue weighted by Gasteiger charge is -2.11. The summed E-state index contributed by atoms with van der Waals surface area (Å²) in [6.07, 6.45) is -1.85. The van der Waals surface area contributed by atoms with E-state index in [0.29, 0.717) is 23.6 Å². The van der Waals surface area contributed by atoms with Gasteiger partial charge in [0.05, 0.1) is 5.56 Å². The molecule has 3 rings (SSSR count). The standard InChI is InChI=1S/C20H13F4N3O3/c21-17-6-3-13(11-16(17)20(22,23)24)19(29)27-26-18(28)12-1-4-14(5-2-12)30-15-7-9-25-10-8-15/h1-11H,(H,26,28)(H,27,29). The molecule has 0 saturated carbocycles. The molecule has 3 aromatic rings. The number of alkyl halides is 3. The van der Waals surface area contributed by atoms with Gasteiger partial charge in [0.1, 0.15) is 17.3 Å². The van der Waals surface area contributed by atoms with Crippen LogP contribution < -0.4 is 15.6 Å². The predicted molar refractivity (Wildman–Crippen MR) is 97.1 cm³/mol. The first-order valence-corrected chi connectivity index (χ1v) is 8.39. The maximum absolute atomic E-state index is 13.3. The minimum Gasteiger partial charge on any atom is -0.457 e. The average Bonchev–Trinajstić information content (AvgIpc) is 2.72. The Morgan fingerprint density at radius 2 is 1.33 bits per heavy atom. The third kappa shape index (κ3) is 5.10. The van der Waals surface area contributed by atoms with Crippen molar-refractivity contribution in [1.29, 1.82) is 0 Å². The first-order chi connectivity index (χ1) is 14.2. The molecule has 6 nitrogen and oxygen atoms in total. The monoisotopic (exact) mass is 419 g/mol. The highest BCUT2D eigenvalue weighted by Crippen LogP contribution is 2.31. The van der Waals surface area contributed by atoms with E-state index >= 15 is 0 Å². The molecule has 0 unspecified atom stereocenters. The van der Waals surface area contributed by atoms with Gasteiger partial charge in [-0.3, -0.25) is 25.4 Å². The van der Waals surface area contributed by atoms with Gasteiger partial charge in [-0.15, -0.1) is 0 Å². The Morgan fingerprint density at radius 1 is 0.800 bits per heavy atom. The zero-order valence-electron chi connectivity index (χ0n) is 15.0. The van der Waals surface area contributed by atoms with Crippen molar-refractivity contribution in [3.63, 3.8) is 0 Å². The number of carbonyl (C=O) groups excluding carboxylic acids is 2. The molecule has 0 bridgehead atoms. The molecule has 30 heavy (non-hydrogen) atoms. The molecule has 2 amide bonds. The largest absolute Gasteiger partial charge is 0.457 e. The molecule has 1 aromatic heterocycles. The van der Waals surface area contributed by atoms with Crippen LogP contribution in [0.2, 0.25) is 0 Å². The van der Waals surface area contributed by atoms with Gasteiger partial charge in [0.2, 0.25) is 0 Å². The molecule has 0 spiro atoms. The third-order valence-electron chi connectivity index (χ3n) is 3.83. The van der Waals surface area contributed by atoms with Crippen molar-refractivity contribution in [1.82, 2.24) is 15.8 Å². The number of ether oxygens (including phenoxy) is 1. The topological polar surface area (TPSA) is 80.3 Å². The lowest BCUT2D eigenvalue weighted by atomic mass is 10.1. The Morgan fingerprint density at radius 3 is 1.93 bits per heavy atom. The zero-order valence-corrected chi connectivity index (χ0v) is 15.0. The van der Waals surface area contributed by atoms with Crippen LogP contribution in [0.4, 0.5) is 17.6 Å². The number of carbonyl (C=O) groups is 2. The van der Waals surface area contributed by atoms with Crippen LogP contribution in [0, 0.1) is 5.82 Å². The fourth-order valence-corrected chi connectivity index (χ4v) is 2.36. The van der Waals surface area contributed by atoms with Gasteiger partial charge in [0, 0.05) is 23.5 Å². The number of nitrogens with zero attached hydrogens (tertiary/aromatic N) is 1. The molecule has 2 aromatic carbocycles. The summed E-state index contributed by atoms with van der Waals surface area (Å²) in [6, 6.07) is 11.0. The zero-order chi connectivity index (χ0) is 21.7.